The lowest BCUT2D eigenvalue weighted by atomic mass is 10.0. The van der Waals surface area contributed by atoms with Crippen LogP contribution in [0.4, 0.5) is 8.78 Å². The Morgan fingerprint density at radius 3 is 2.17 bits per heavy atom. The van der Waals surface area contributed by atoms with Gasteiger partial charge in [0.05, 0.1) is 6.10 Å². The molecule has 0 aromatic heterocycles. The van der Waals surface area contributed by atoms with Crippen LogP contribution in [-0.2, 0) is 0 Å². The highest BCUT2D eigenvalue weighted by atomic mass is 79.9. The molecule has 18 heavy (non-hydrogen) atoms. The summed E-state index contributed by atoms with van der Waals surface area (Å²) in [4.78, 5) is 0. The molecule has 2 aromatic rings. The van der Waals surface area contributed by atoms with Crippen molar-refractivity contribution in [2.24, 2.45) is 0 Å². The van der Waals surface area contributed by atoms with E-state index >= 15 is 0 Å². The summed E-state index contributed by atoms with van der Waals surface area (Å²) in [6.45, 7) is 1.40. The van der Waals surface area contributed by atoms with E-state index < -0.39 is 17.7 Å². The van der Waals surface area contributed by atoms with Gasteiger partial charge < -0.3 is 5.11 Å². The number of aliphatic hydroxyl groups is 1. The average Bonchev–Trinajstić information content (AvgIpc) is 2.33. The Morgan fingerprint density at radius 1 is 1.00 bits per heavy atom. The van der Waals surface area contributed by atoms with Crippen LogP contribution in [0.2, 0.25) is 0 Å². The van der Waals surface area contributed by atoms with Crippen molar-refractivity contribution in [3.05, 3.63) is 58.1 Å². The topological polar surface area (TPSA) is 20.2 Å². The van der Waals surface area contributed by atoms with E-state index in [4.69, 9.17) is 0 Å². The van der Waals surface area contributed by atoms with E-state index in [1.807, 2.05) is 0 Å². The normalized spacial score (nSPS) is 12.5. The zero-order chi connectivity index (χ0) is 13.3. The fraction of sp³-hybridized carbons (Fsp3) is 0.143. The van der Waals surface area contributed by atoms with Crippen molar-refractivity contribution in [2.45, 2.75) is 13.0 Å². The summed E-state index contributed by atoms with van der Waals surface area (Å²) in [5.74, 6) is -1.93. The van der Waals surface area contributed by atoms with E-state index in [2.05, 4.69) is 15.9 Å². The van der Waals surface area contributed by atoms with Gasteiger partial charge in [-0.2, -0.15) is 0 Å². The van der Waals surface area contributed by atoms with Gasteiger partial charge in [-0.3, -0.25) is 0 Å². The maximum Gasteiger partial charge on any atom is 0.167 e. The number of halogens is 3. The molecule has 1 nitrogen and oxygen atoms in total. The fourth-order valence-corrected chi connectivity index (χ4v) is 2.00. The molecule has 1 N–H and O–H groups in total. The molecule has 0 fully saturated rings. The molecular weight excluding hydrogens is 302 g/mol. The standard InChI is InChI=1S/C14H11BrF2O/c1-8(18)11-6-7-12(14(17)13(11)16)9-2-4-10(15)5-3-9/h2-8,18H,1H3. The molecule has 0 bridgehead atoms. The van der Waals surface area contributed by atoms with Crippen LogP contribution in [0.25, 0.3) is 11.1 Å². The van der Waals surface area contributed by atoms with Crippen LogP contribution in [0, 0.1) is 11.6 Å². The van der Waals surface area contributed by atoms with Gasteiger partial charge in [0.2, 0.25) is 0 Å². The Bertz CT molecular complexity index is 565. The summed E-state index contributed by atoms with van der Waals surface area (Å²) in [6, 6.07) is 9.79. The lowest BCUT2D eigenvalue weighted by Gasteiger charge is -2.10. The van der Waals surface area contributed by atoms with E-state index in [0.717, 1.165) is 4.47 Å². The molecule has 4 heteroatoms. The predicted molar refractivity (Wildman–Crippen MR) is 70.1 cm³/mol. The van der Waals surface area contributed by atoms with Crippen LogP contribution in [0.5, 0.6) is 0 Å². The Balaban J connectivity index is 2.53. The van der Waals surface area contributed by atoms with Gasteiger partial charge in [0.15, 0.2) is 11.6 Å². The summed E-state index contributed by atoms with van der Waals surface area (Å²) < 4.78 is 28.5. The SMILES string of the molecule is CC(O)c1ccc(-c2ccc(Br)cc2)c(F)c1F. The summed E-state index contributed by atoms with van der Waals surface area (Å²) >= 11 is 3.28. The van der Waals surface area contributed by atoms with Crippen molar-refractivity contribution in [3.8, 4) is 11.1 Å². The second-order valence-corrected chi connectivity index (χ2v) is 4.93. The van der Waals surface area contributed by atoms with Crippen molar-refractivity contribution < 1.29 is 13.9 Å². The van der Waals surface area contributed by atoms with E-state index in [-0.39, 0.29) is 11.1 Å². The van der Waals surface area contributed by atoms with Crippen molar-refractivity contribution in [1.29, 1.82) is 0 Å². The van der Waals surface area contributed by atoms with Crippen LogP contribution >= 0.6 is 15.9 Å². The number of rotatable bonds is 2. The first-order chi connectivity index (χ1) is 8.50. The van der Waals surface area contributed by atoms with Gasteiger partial charge >= 0.3 is 0 Å². The molecular formula is C14H11BrF2O. The number of hydrogen-bond acceptors (Lipinski definition) is 1. The van der Waals surface area contributed by atoms with Gasteiger partial charge in [-0.15, -0.1) is 0 Å². The van der Waals surface area contributed by atoms with Gasteiger partial charge in [0.1, 0.15) is 0 Å². The first-order valence-electron chi connectivity index (χ1n) is 5.42. The summed E-state index contributed by atoms with van der Waals surface area (Å²) in [6.07, 6.45) is -1.03. The van der Waals surface area contributed by atoms with Gasteiger partial charge in [-0.05, 0) is 24.6 Å². The third kappa shape index (κ3) is 2.44. The van der Waals surface area contributed by atoms with Crippen LogP contribution < -0.4 is 0 Å². The molecule has 0 spiro atoms. The third-order valence-electron chi connectivity index (χ3n) is 2.72. The number of benzene rings is 2. The second kappa shape index (κ2) is 5.16. The predicted octanol–water partition coefficient (Wildman–Crippen LogP) is 4.45. The minimum Gasteiger partial charge on any atom is -0.389 e. The lowest BCUT2D eigenvalue weighted by molar-refractivity contribution is 0.193. The molecule has 0 aliphatic heterocycles. The zero-order valence-corrected chi connectivity index (χ0v) is 11.2. The third-order valence-corrected chi connectivity index (χ3v) is 3.25. The molecule has 0 radical (unpaired) electrons. The first-order valence-corrected chi connectivity index (χ1v) is 6.22. The molecule has 0 saturated carbocycles. The van der Waals surface area contributed by atoms with Crippen molar-refractivity contribution >= 4 is 15.9 Å². The van der Waals surface area contributed by atoms with E-state index in [1.165, 1.54) is 19.1 Å². The van der Waals surface area contributed by atoms with E-state index in [9.17, 15) is 13.9 Å². The first kappa shape index (κ1) is 13.2. The van der Waals surface area contributed by atoms with Gasteiger partial charge in [0.25, 0.3) is 0 Å². The molecule has 1 unspecified atom stereocenters. The zero-order valence-electron chi connectivity index (χ0n) is 9.62. The summed E-state index contributed by atoms with van der Waals surface area (Å²) in [7, 11) is 0. The van der Waals surface area contributed by atoms with Crippen molar-refractivity contribution in [2.75, 3.05) is 0 Å². The van der Waals surface area contributed by atoms with Crippen LogP contribution in [-0.4, -0.2) is 5.11 Å². The van der Waals surface area contributed by atoms with Gasteiger partial charge in [-0.1, -0.05) is 40.2 Å². The highest BCUT2D eigenvalue weighted by Crippen LogP contribution is 2.29. The van der Waals surface area contributed by atoms with Crippen LogP contribution in [0.3, 0.4) is 0 Å². The highest BCUT2D eigenvalue weighted by molar-refractivity contribution is 9.10. The molecule has 2 aromatic carbocycles. The van der Waals surface area contributed by atoms with Crippen LogP contribution in [0.1, 0.15) is 18.6 Å². The Labute approximate surface area is 112 Å². The van der Waals surface area contributed by atoms with E-state index in [1.54, 1.807) is 24.3 Å². The lowest BCUT2D eigenvalue weighted by Crippen LogP contribution is -2.00. The van der Waals surface area contributed by atoms with Crippen molar-refractivity contribution in [3.63, 3.8) is 0 Å². The fourth-order valence-electron chi connectivity index (χ4n) is 1.74. The molecule has 0 aliphatic rings. The minimum absolute atomic E-state index is 0.0339. The van der Waals surface area contributed by atoms with Crippen LogP contribution in [0.15, 0.2) is 40.9 Å². The minimum atomic E-state index is -1.03. The monoisotopic (exact) mass is 312 g/mol. The average molecular weight is 313 g/mol. The summed E-state index contributed by atoms with van der Waals surface area (Å²) in [5.41, 5.74) is 0.740. The highest BCUT2D eigenvalue weighted by Gasteiger charge is 2.17. The molecule has 94 valence electrons. The molecule has 0 saturated heterocycles. The van der Waals surface area contributed by atoms with E-state index in [0.29, 0.717) is 5.56 Å². The summed E-state index contributed by atoms with van der Waals surface area (Å²) in [5, 5.41) is 9.31. The maximum atomic E-state index is 13.9. The Hall–Kier alpha value is -1.26. The smallest absolute Gasteiger partial charge is 0.167 e. The Kier molecular flexibility index (Phi) is 3.78. The maximum absolute atomic E-state index is 13.9. The molecule has 0 aliphatic carbocycles. The van der Waals surface area contributed by atoms with Gasteiger partial charge in [0, 0.05) is 15.6 Å². The molecule has 0 amide bonds. The molecule has 2 rings (SSSR count). The number of aliphatic hydroxyl groups excluding tert-OH is 1. The van der Waals surface area contributed by atoms with Crippen molar-refractivity contribution in [1.82, 2.24) is 0 Å². The second-order valence-electron chi connectivity index (χ2n) is 4.01. The number of hydrogen-bond donors (Lipinski definition) is 1. The Morgan fingerprint density at radius 2 is 1.61 bits per heavy atom. The largest absolute Gasteiger partial charge is 0.389 e. The molecule has 1 atom stereocenters. The quantitative estimate of drug-likeness (QED) is 0.868. The van der Waals surface area contributed by atoms with Gasteiger partial charge in [-0.25, -0.2) is 8.78 Å². The molecule has 0 heterocycles.